The van der Waals surface area contributed by atoms with E-state index in [0.29, 0.717) is 28.6 Å². The molecule has 1 aromatic heterocycles. The summed E-state index contributed by atoms with van der Waals surface area (Å²) < 4.78 is 11.1. The number of hydrogen-bond donors (Lipinski definition) is 3. The van der Waals surface area contributed by atoms with E-state index in [1.807, 2.05) is 24.3 Å². The minimum absolute atomic E-state index is 0.152. The number of aromatic carboxylic acids is 1. The number of aliphatic hydroxyl groups is 1. The minimum atomic E-state index is -1.11. The van der Waals surface area contributed by atoms with Gasteiger partial charge in [-0.3, -0.25) is 0 Å². The summed E-state index contributed by atoms with van der Waals surface area (Å²) in [5.74, 6) is -0.863. The van der Waals surface area contributed by atoms with Crippen molar-refractivity contribution in [2.45, 2.75) is 36.1 Å². The molecule has 0 bridgehead atoms. The zero-order chi connectivity index (χ0) is 26.6. The van der Waals surface area contributed by atoms with Gasteiger partial charge in [0, 0.05) is 12.5 Å². The van der Waals surface area contributed by atoms with Gasteiger partial charge in [-0.25, -0.2) is 14.6 Å². The van der Waals surface area contributed by atoms with Gasteiger partial charge in [-0.15, -0.1) is 0 Å². The second-order valence-corrected chi connectivity index (χ2v) is 9.34. The Hall–Kier alpha value is -3.82. The van der Waals surface area contributed by atoms with Crippen molar-refractivity contribution in [2.75, 3.05) is 13.7 Å². The normalized spacial score (nSPS) is 11.8. The van der Waals surface area contributed by atoms with E-state index >= 15 is 0 Å². The molecule has 0 saturated heterocycles. The van der Waals surface area contributed by atoms with E-state index in [9.17, 15) is 14.7 Å². The van der Waals surface area contributed by atoms with Crippen LogP contribution in [0, 0.1) is 0 Å². The third kappa shape index (κ3) is 9.29. The largest absolute Gasteiger partial charge is 0.497 e. The van der Waals surface area contributed by atoms with Crippen LogP contribution < -0.4 is 9.47 Å². The number of ether oxygens (including phenoxy) is 2. The Morgan fingerprint density at radius 2 is 1.81 bits per heavy atom. The lowest BCUT2D eigenvalue weighted by Gasteiger charge is -2.13. The highest BCUT2D eigenvalue weighted by Gasteiger charge is 2.13. The molecule has 0 spiro atoms. The Labute approximate surface area is 219 Å². The summed E-state index contributed by atoms with van der Waals surface area (Å²) in [7, 11) is 1.64. The fourth-order valence-electron chi connectivity index (χ4n) is 3.52. The van der Waals surface area contributed by atoms with Gasteiger partial charge in [0.05, 0.1) is 24.3 Å². The number of benzene rings is 2. The summed E-state index contributed by atoms with van der Waals surface area (Å²) in [5.41, 5.74) is 1.52. The van der Waals surface area contributed by atoms with Crippen molar-refractivity contribution < 1.29 is 34.4 Å². The number of hydrogen-bond acceptors (Lipinski definition) is 7. The second-order valence-electron chi connectivity index (χ2n) is 8.14. The maximum atomic E-state index is 11.2. The van der Waals surface area contributed by atoms with Gasteiger partial charge in [0.1, 0.15) is 22.6 Å². The number of carboxylic acid groups (broad SMARTS) is 2. The molecule has 1 heterocycles. The standard InChI is InChI=1S/C28H29NO7S/c1-35-22-10-8-19(9-11-22)5-2-3-16-36-24-13-14-25(29-23(24)12-15-26(30)31)37-27(32)18-20-6-4-7-21(17-20)28(33)34/h4,6-15,17,27,32H,2-3,5,16,18H2,1H3,(H,30,31)(H,33,34). The highest BCUT2D eigenvalue weighted by Crippen LogP contribution is 2.28. The first-order valence-electron chi connectivity index (χ1n) is 11.7. The molecule has 8 nitrogen and oxygen atoms in total. The molecule has 2 aromatic carbocycles. The monoisotopic (exact) mass is 523 g/mol. The third-order valence-electron chi connectivity index (χ3n) is 5.36. The molecule has 3 rings (SSSR count). The Balaban J connectivity index is 1.58. The number of pyridine rings is 1. The van der Waals surface area contributed by atoms with Crippen LogP contribution >= 0.6 is 11.8 Å². The van der Waals surface area contributed by atoms with Crippen molar-refractivity contribution in [3.8, 4) is 11.5 Å². The fourth-order valence-corrected chi connectivity index (χ4v) is 4.37. The molecule has 194 valence electrons. The molecule has 0 aliphatic carbocycles. The van der Waals surface area contributed by atoms with Crippen LogP contribution in [0.25, 0.3) is 6.08 Å². The number of thioether (sulfide) groups is 1. The first-order valence-corrected chi connectivity index (χ1v) is 12.6. The van der Waals surface area contributed by atoms with E-state index in [0.717, 1.165) is 42.8 Å². The number of aliphatic carboxylic acids is 1. The zero-order valence-electron chi connectivity index (χ0n) is 20.4. The number of unbranched alkanes of at least 4 members (excludes halogenated alkanes) is 1. The molecule has 1 unspecified atom stereocenters. The Morgan fingerprint density at radius 3 is 2.51 bits per heavy atom. The average molecular weight is 524 g/mol. The van der Waals surface area contributed by atoms with E-state index in [4.69, 9.17) is 19.7 Å². The summed E-state index contributed by atoms with van der Waals surface area (Å²) in [6, 6.07) is 17.7. The molecule has 0 aliphatic heterocycles. The van der Waals surface area contributed by atoms with Gasteiger partial charge in [0.25, 0.3) is 0 Å². The summed E-state index contributed by atoms with van der Waals surface area (Å²) in [5, 5.41) is 29.2. The third-order valence-corrected chi connectivity index (χ3v) is 6.27. The second kappa shape index (κ2) is 14.1. The molecule has 1 atom stereocenters. The van der Waals surface area contributed by atoms with Gasteiger partial charge < -0.3 is 24.8 Å². The number of aromatic nitrogens is 1. The van der Waals surface area contributed by atoms with Crippen LogP contribution in [-0.2, 0) is 17.6 Å². The van der Waals surface area contributed by atoms with Crippen LogP contribution in [0.2, 0.25) is 0 Å². The SMILES string of the molecule is COc1ccc(CCCCOc2ccc(SC(O)Cc3cccc(C(=O)O)c3)nc2C=CC(=O)O)cc1. The molecular weight excluding hydrogens is 494 g/mol. The van der Waals surface area contributed by atoms with Gasteiger partial charge in [-0.1, -0.05) is 36.0 Å². The van der Waals surface area contributed by atoms with Crippen LogP contribution in [0.4, 0.5) is 0 Å². The van der Waals surface area contributed by atoms with Crippen LogP contribution in [0.1, 0.15) is 40.0 Å². The average Bonchev–Trinajstić information content (AvgIpc) is 2.88. The van der Waals surface area contributed by atoms with E-state index in [2.05, 4.69) is 4.98 Å². The first-order chi connectivity index (χ1) is 17.8. The number of aryl methyl sites for hydroxylation is 1. The lowest BCUT2D eigenvalue weighted by atomic mass is 10.1. The molecule has 0 amide bonds. The Bertz CT molecular complexity index is 1230. The highest BCUT2D eigenvalue weighted by molar-refractivity contribution is 7.99. The molecule has 3 N–H and O–H groups in total. The number of nitrogens with zero attached hydrogens (tertiary/aromatic N) is 1. The predicted molar refractivity (Wildman–Crippen MR) is 141 cm³/mol. The Morgan fingerprint density at radius 1 is 1.03 bits per heavy atom. The van der Waals surface area contributed by atoms with Crippen molar-refractivity contribution >= 4 is 29.8 Å². The Kier molecular flexibility index (Phi) is 10.5. The highest BCUT2D eigenvalue weighted by atomic mass is 32.2. The number of carbonyl (C=O) groups is 2. The number of rotatable bonds is 14. The lowest BCUT2D eigenvalue weighted by molar-refractivity contribution is -0.131. The molecule has 0 radical (unpaired) electrons. The van der Waals surface area contributed by atoms with Crippen LogP contribution in [0.3, 0.4) is 0 Å². The summed E-state index contributed by atoms with van der Waals surface area (Å²) in [6.07, 6.45) is 5.20. The summed E-state index contributed by atoms with van der Waals surface area (Å²) in [4.78, 5) is 26.7. The summed E-state index contributed by atoms with van der Waals surface area (Å²) >= 11 is 1.09. The molecule has 0 fully saturated rings. The molecule has 9 heteroatoms. The van der Waals surface area contributed by atoms with Crippen molar-refractivity contribution in [3.05, 3.63) is 89.1 Å². The molecular formula is C28H29NO7S. The minimum Gasteiger partial charge on any atom is -0.497 e. The topological polar surface area (TPSA) is 126 Å². The van der Waals surface area contributed by atoms with Crippen molar-refractivity contribution in [1.82, 2.24) is 4.98 Å². The van der Waals surface area contributed by atoms with Crippen molar-refractivity contribution in [1.29, 1.82) is 0 Å². The maximum Gasteiger partial charge on any atom is 0.335 e. The van der Waals surface area contributed by atoms with Crippen LogP contribution in [0.15, 0.2) is 71.8 Å². The van der Waals surface area contributed by atoms with E-state index in [-0.39, 0.29) is 12.0 Å². The zero-order valence-corrected chi connectivity index (χ0v) is 21.2. The van der Waals surface area contributed by atoms with Crippen molar-refractivity contribution in [3.63, 3.8) is 0 Å². The molecule has 0 saturated carbocycles. The first kappa shape index (κ1) is 27.8. The smallest absolute Gasteiger partial charge is 0.335 e. The van der Waals surface area contributed by atoms with Gasteiger partial charge >= 0.3 is 11.9 Å². The molecule has 37 heavy (non-hydrogen) atoms. The van der Waals surface area contributed by atoms with Gasteiger partial charge in [-0.2, -0.15) is 0 Å². The number of carboxylic acids is 2. The molecule has 3 aromatic rings. The van der Waals surface area contributed by atoms with Crippen LogP contribution in [-0.4, -0.2) is 51.4 Å². The summed E-state index contributed by atoms with van der Waals surface area (Å²) in [6.45, 7) is 0.445. The predicted octanol–water partition coefficient (Wildman–Crippen LogP) is 4.94. The quantitative estimate of drug-likeness (QED) is 0.117. The van der Waals surface area contributed by atoms with Crippen LogP contribution in [0.5, 0.6) is 11.5 Å². The van der Waals surface area contributed by atoms with Gasteiger partial charge in [-0.05, 0) is 72.9 Å². The van der Waals surface area contributed by atoms with E-state index in [1.165, 1.54) is 23.8 Å². The van der Waals surface area contributed by atoms with E-state index in [1.54, 1.807) is 31.4 Å². The number of methoxy groups -OCH3 is 1. The van der Waals surface area contributed by atoms with Gasteiger partial charge in [0.2, 0.25) is 0 Å². The van der Waals surface area contributed by atoms with Gasteiger partial charge in [0.15, 0.2) is 0 Å². The number of aliphatic hydroxyl groups excluding tert-OH is 1. The molecule has 0 aliphatic rings. The lowest BCUT2D eigenvalue weighted by Crippen LogP contribution is -2.07. The fraction of sp³-hybridized carbons (Fsp3) is 0.250. The van der Waals surface area contributed by atoms with Crippen molar-refractivity contribution in [2.24, 2.45) is 0 Å². The van der Waals surface area contributed by atoms with E-state index < -0.39 is 17.4 Å². The maximum absolute atomic E-state index is 11.2.